The summed E-state index contributed by atoms with van der Waals surface area (Å²) in [5.74, 6) is 1.67. The highest BCUT2D eigenvalue weighted by Gasteiger charge is 2.21. The first-order chi connectivity index (χ1) is 10.1. The average molecular weight is 371 g/mol. The number of halogens is 2. The molecule has 3 rings (SSSR count). The standard InChI is InChI=1S/C15H17BrClN3O/c1-20-13(17)8-19-14(20)9-21-15-10(3-2-4-12(15)16)7-18-11-5-6-11/h2-4,8,11,18H,5-7,9H2,1H3. The minimum Gasteiger partial charge on any atom is -0.484 e. The van der Waals surface area contributed by atoms with Crippen LogP contribution < -0.4 is 10.1 Å². The molecule has 1 aromatic heterocycles. The zero-order valence-electron chi connectivity index (χ0n) is 11.8. The zero-order chi connectivity index (χ0) is 14.8. The molecule has 0 amide bonds. The van der Waals surface area contributed by atoms with Crippen LogP contribution in [-0.4, -0.2) is 15.6 Å². The Balaban J connectivity index is 1.72. The van der Waals surface area contributed by atoms with Gasteiger partial charge >= 0.3 is 0 Å². The molecule has 1 fully saturated rings. The van der Waals surface area contributed by atoms with Crippen LogP contribution in [0.3, 0.4) is 0 Å². The molecule has 1 heterocycles. The topological polar surface area (TPSA) is 39.1 Å². The van der Waals surface area contributed by atoms with Crippen molar-refractivity contribution in [3.05, 3.63) is 45.4 Å². The third-order valence-electron chi connectivity index (χ3n) is 3.58. The molecule has 4 nitrogen and oxygen atoms in total. The van der Waals surface area contributed by atoms with Gasteiger partial charge in [0.05, 0.1) is 10.7 Å². The van der Waals surface area contributed by atoms with Gasteiger partial charge < -0.3 is 14.6 Å². The third kappa shape index (κ3) is 3.59. The van der Waals surface area contributed by atoms with E-state index in [2.05, 4.69) is 32.3 Å². The number of nitrogens with zero attached hydrogens (tertiary/aromatic N) is 2. The monoisotopic (exact) mass is 369 g/mol. The van der Waals surface area contributed by atoms with Crippen LogP contribution in [-0.2, 0) is 20.2 Å². The van der Waals surface area contributed by atoms with Gasteiger partial charge in [-0.25, -0.2) is 4.98 Å². The van der Waals surface area contributed by atoms with E-state index in [1.807, 2.05) is 23.7 Å². The Labute approximate surface area is 137 Å². The van der Waals surface area contributed by atoms with Gasteiger partial charge in [-0.3, -0.25) is 0 Å². The molecule has 0 bridgehead atoms. The Morgan fingerprint density at radius 2 is 2.29 bits per heavy atom. The van der Waals surface area contributed by atoms with E-state index in [1.54, 1.807) is 6.20 Å². The molecule has 1 N–H and O–H groups in total. The minimum atomic E-state index is 0.391. The average Bonchev–Trinajstić information content (AvgIpc) is 3.25. The van der Waals surface area contributed by atoms with Crippen LogP contribution in [0.2, 0.25) is 5.15 Å². The maximum Gasteiger partial charge on any atom is 0.147 e. The fraction of sp³-hybridized carbons (Fsp3) is 0.400. The van der Waals surface area contributed by atoms with Crippen LogP contribution in [0.15, 0.2) is 28.9 Å². The lowest BCUT2D eigenvalue weighted by molar-refractivity contribution is 0.286. The van der Waals surface area contributed by atoms with Crippen LogP contribution >= 0.6 is 27.5 Å². The van der Waals surface area contributed by atoms with Crippen LogP contribution in [0.1, 0.15) is 24.2 Å². The first-order valence-electron chi connectivity index (χ1n) is 6.95. The van der Waals surface area contributed by atoms with Crippen LogP contribution in [0.25, 0.3) is 0 Å². The molecule has 0 unspecified atom stereocenters. The molecular weight excluding hydrogens is 354 g/mol. The Bertz CT molecular complexity index is 640. The molecule has 1 aromatic carbocycles. The van der Waals surface area contributed by atoms with Crippen LogP contribution in [0, 0.1) is 0 Å². The Morgan fingerprint density at radius 1 is 1.48 bits per heavy atom. The predicted octanol–water partition coefficient (Wildman–Crippen LogP) is 3.67. The van der Waals surface area contributed by atoms with Gasteiger partial charge in [0, 0.05) is 25.2 Å². The summed E-state index contributed by atoms with van der Waals surface area (Å²) >= 11 is 9.55. The molecule has 1 aliphatic rings. The Kier molecular flexibility index (Phi) is 4.52. The van der Waals surface area contributed by atoms with E-state index in [0.29, 0.717) is 17.8 Å². The second kappa shape index (κ2) is 6.38. The second-order valence-electron chi connectivity index (χ2n) is 5.23. The summed E-state index contributed by atoms with van der Waals surface area (Å²) in [6.07, 6.45) is 4.18. The van der Waals surface area contributed by atoms with Gasteiger partial charge in [-0.2, -0.15) is 0 Å². The molecule has 21 heavy (non-hydrogen) atoms. The summed E-state index contributed by atoms with van der Waals surface area (Å²) < 4.78 is 8.75. The number of rotatable bonds is 6. The molecular formula is C15H17BrClN3O. The summed E-state index contributed by atoms with van der Waals surface area (Å²) in [5, 5.41) is 4.12. The van der Waals surface area contributed by atoms with Gasteiger partial charge in [0.1, 0.15) is 23.3 Å². The normalized spacial score (nSPS) is 14.4. The smallest absolute Gasteiger partial charge is 0.147 e. The van der Waals surface area contributed by atoms with Crippen molar-refractivity contribution in [2.24, 2.45) is 7.05 Å². The van der Waals surface area contributed by atoms with Crippen molar-refractivity contribution in [3.8, 4) is 5.75 Å². The van der Waals surface area contributed by atoms with E-state index >= 15 is 0 Å². The number of benzene rings is 1. The first kappa shape index (κ1) is 14.9. The second-order valence-corrected chi connectivity index (χ2v) is 6.47. The Morgan fingerprint density at radius 3 is 2.95 bits per heavy atom. The van der Waals surface area contributed by atoms with Crippen molar-refractivity contribution in [3.63, 3.8) is 0 Å². The quantitative estimate of drug-likeness (QED) is 0.843. The van der Waals surface area contributed by atoms with E-state index in [4.69, 9.17) is 16.3 Å². The van der Waals surface area contributed by atoms with E-state index in [1.165, 1.54) is 12.8 Å². The number of para-hydroxylation sites is 1. The SMILES string of the molecule is Cn1c(Cl)cnc1COc1c(Br)cccc1CNC1CC1. The molecule has 1 saturated carbocycles. The van der Waals surface area contributed by atoms with Crippen molar-refractivity contribution in [1.29, 1.82) is 0 Å². The minimum absolute atomic E-state index is 0.391. The van der Waals surface area contributed by atoms with Crippen molar-refractivity contribution < 1.29 is 4.74 Å². The van der Waals surface area contributed by atoms with Crippen molar-refractivity contribution in [2.45, 2.75) is 32.0 Å². The first-order valence-corrected chi connectivity index (χ1v) is 8.12. The number of hydrogen-bond acceptors (Lipinski definition) is 3. The Hall–Kier alpha value is -1.04. The van der Waals surface area contributed by atoms with Crippen LogP contribution in [0.5, 0.6) is 5.75 Å². The van der Waals surface area contributed by atoms with Gasteiger partial charge in [0.15, 0.2) is 0 Å². The maximum absolute atomic E-state index is 5.99. The highest BCUT2D eigenvalue weighted by molar-refractivity contribution is 9.10. The van der Waals surface area contributed by atoms with Gasteiger partial charge in [-0.15, -0.1) is 0 Å². The molecule has 0 saturated heterocycles. The molecule has 0 atom stereocenters. The lowest BCUT2D eigenvalue weighted by Crippen LogP contribution is -2.16. The third-order valence-corrected chi connectivity index (χ3v) is 4.56. The van der Waals surface area contributed by atoms with E-state index in [9.17, 15) is 0 Å². The number of nitrogens with one attached hydrogen (secondary N) is 1. The zero-order valence-corrected chi connectivity index (χ0v) is 14.1. The lowest BCUT2D eigenvalue weighted by Gasteiger charge is -2.14. The molecule has 0 aliphatic heterocycles. The number of hydrogen-bond donors (Lipinski definition) is 1. The van der Waals surface area contributed by atoms with Crippen molar-refractivity contribution in [1.82, 2.24) is 14.9 Å². The predicted molar refractivity (Wildman–Crippen MR) is 86.6 cm³/mol. The highest BCUT2D eigenvalue weighted by Crippen LogP contribution is 2.30. The highest BCUT2D eigenvalue weighted by atomic mass is 79.9. The van der Waals surface area contributed by atoms with Gasteiger partial charge in [0.25, 0.3) is 0 Å². The fourth-order valence-corrected chi connectivity index (χ4v) is 2.76. The fourth-order valence-electron chi connectivity index (χ4n) is 2.09. The van der Waals surface area contributed by atoms with E-state index in [0.717, 1.165) is 28.2 Å². The largest absolute Gasteiger partial charge is 0.484 e. The lowest BCUT2D eigenvalue weighted by atomic mass is 10.2. The van der Waals surface area contributed by atoms with Crippen molar-refractivity contribution in [2.75, 3.05) is 0 Å². The molecule has 2 aromatic rings. The molecule has 0 spiro atoms. The molecule has 6 heteroatoms. The summed E-state index contributed by atoms with van der Waals surface area (Å²) in [6.45, 7) is 1.21. The van der Waals surface area contributed by atoms with Crippen molar-refractivity contribution >= 4 is 27.5 Å². The summed E-state index contributed by atoms with van der Waals surface area (Å²) in [4.78, 5) is 4.25. The molecule has 1 aliphatic carbocycles. The number of imidazole rings is 1. The summed E-state index contributed by atoms with van der Waals surface area (Å²) in [7, 11) is 1.88. The molecule has 112 valence electrons. The van der Waals surface area contributed by atoms with E-state index < -0.39 is 0 Å². The van der Waals surface area contributed by atoms with Gasteiger partial charge in [0.2, 0.25) is 0 Å². The van der Waals surface area contributed by atoms with Crippen LogP contribution in [0.4, 0.5) is 0 Å². The van der Waals surface area contributed by atoms with E-state index in [-0.39, 0.29) is 0 Å². The van der Waals surface area contributed by atoms with Gasteiger partial charge in [-0.05, 0) is 34.8 Å². The summed E-state index contributed by atoms with van der Waals surface area (Å²) in [6, 6.07) is 6.77. The molecule has 0 radical (unpaired) electrons. The number of ether oxygens (including phenoxy) is 1. The summed E-state index contributed by atoms with van der Waals surface area (Å²) in [5.41, 5.74) is 1.15. The maximum atomic E-state index is 5.99. The van der Waals surface area contributed by atoms with Gasteiger partial charge in [-0.1, -0.05) is 23.7 Å². The number of aromatic nitrogens is 2.